The smallest absolute Gasteiger partial charge is 0.180 e. The van der Waals surface area contributed by atoms with Gasteiger partial charge in [-0.1, -0.05) is 60.8 Å². The van der Waals surface area contributed by atoms with E-state index in [9.17, 15) is 0 Å². The number of nitrogens with zero attached hydrogens (tertiary/aromatic N) is 2. The molecule has 0 amide bonds. The Hall–Kier alpha value is -2.99. The van der Waals surface area contributed by atoms with E-state index in [0.29, 0.717) is 36.3 Å². The zero-order chi connectivity index (χ0) is 20.9. The van der Waals surface area contributed by atoms with Gasteiger partial charge < -0.3 is 15.2 Å². The average molecular weight is 410 g/mol. The molecule has 5 nitrogen and oxygen atoms in total. The number of amidine groups is 1. The summed E-state index contributed by atoms with van der Waals surface area (Å²) >= 11 is 1.45. The van der Waals surface area contributed by atoms with Gasteiger partial charge in [0, 0.05) is 11.3 Å². The molecule has 2 N–H and O–H groups in total. The normalized spacial score (nSPS) is 11.4. The molecule has 0 heterocycles. The number of hydrogen-bond donors (Lipinski definition) is 1. The maximum absolute atomic E-state index is 5.95. The van der Waals surface area contributed by atoms with Gasteiger partial charge in [-0.2, -0.15) is 5.10 Å². The number of rotatable bonds is 11. The third-order valence-corrected chi connectivity index (χ3v) is 4.61. The van der Waals surface area contributed by atoms with Crippen LogP contribution in [0.5, 0.6) is 11.5 Å². The van der Waals surface area contributed by atoms with Gasteiger partial charge in [-0.15, -0.1) is 11.7 Å². The first kappa shape index (κ1) is 22.3. The molecule has 0 bridgehead atoms. The summed E-state index contributed by atoms with van der Waals surface area (Å²) in [7, 11) is 0. The van der Waals surface area contributed by atoms with Gasteiger partial charge >= 0.3 is 0 Å². The highest BCUT2D eigenvalue weighted by molar-refractivity contribution is 8.13. The van der Waals surface area contributed by atoms with Crippen molar-refractivity contribution in [2.45, 2.75) is 19.1 Å². The van der Waals surface area contributed by atoms with Crippen molar-refractivity contribution in [1.29, 1.82) is 0 Å². The molecule has 0 saturated heterocycles. The molecule has 0 radical (unpaired) electrons. The third kappa shape index (κ3) is 7.50. The van der Waals surface area contributed by atoms with Crippen molar-refractivity contribution < 1.29 is 9.47 Å². The second-order valence-electron chi connectivity index (χ2n) is 5.99. The Balaban J connectivity index is 2.15. The van der Waals surface area contributed by atoms with Crippen LogP contribution in [0.2, 0.25) is 0 Å². The molecule has 0 aliphatic heterocycles. The third-order valence-electron chi connectivity index (χ3n) is 3.76. The van der Waals surface area contributed by atoms with E-state index in [1.165, 1.54) is 17.3 Å². The Morgan fingerprint density at radius 2 is 1.93 bits per heavy atom. The fourth-order valence-corrected chi connectivity index (χ4v) is 3.16. The molecule has 0 aromatic heterocycles. The standard InChI is InChI=1S/C23H27N3O2S/c1-4-10-20-14-19(15-21(27-6-3)22(20)28-13-5-2)16-25-26-23(24)29-17-18-11-8-7-9-12-18/h4-5,7-9,11-12,14-16H,1-2,6,10,13,17H2,3H3,(H2,24,26). The average Bonchev–Trinajstić information content (AvgIpc) is 2.73. The summed E-state index contributed by atoms with van der Waals surface area (Å²) in [5.74, 6) is 2.11. The summed E-state index contributed by atoms with van der Waals surface area (Å²) in [5, 5.41) is 8.62. The first-order valence-corrected chi connectivity index (χ1v) is 10.3. The van der Waals surface area contributed by atoms with E-state index < -0.39 is 0 Å². The molecule has 2 rings (SSSR count). The van der Waals surface area contributed by atoms with Crippen LogP contribution in [-0.2, 0) is 12.2 Å². The van der Waals surface area contributed by atoms with Crippen molar-refractivity contribution in [3.8, 4) is 11.5 Å². The number of hydrogen-bond acceptors (Lipinski definition) is 5. The lowest BCUT2D eigenvalue weighted by Crippen LogP contribution is -2.06. The van der Waals surface area contributed by atoms with E-state index in [4.69, 9.17) is 15.2 Å². The fraction of sp³-hybridized carbons (Fsp3) is 0.217. The SMILES string of the molecule is C=CCOc1c(CC=C)cc(C=NN=C(N)SCc2ccccc2)cc1OCC. The van der Waals surface area contributed by atoms with Crippen LogP contribution in [0.4, 0.5) is 0 Å². The Bertz CT molecular complexity index is 864. The number of ether oxygens (including phenoxy) is 2. The van der Waals surface area contributed by atoms with Crippen molar-refractivity contribution in [2.75, 3.05) is 13.2 Å². The van der Waals surface area contributed by atoms with Gasteiger partial charge in [0.1, 0.15) is 6.61 Å². The Kier molecular flexibility index (Phi) is 9.59. The summed E-state index contributed by atoms with van der Waals surface area (Å²) in [6.45, 7) is 10.4. The predicted molar refractivity (Wildman–Crippen MR) is 124 cm³/mol. The van der Waals surface area contributed by atoms with Gasteiger partial charge in [0.2, 0.25) is 0 Å². The minimum atomic E-state index is 0.400. The Morgan fingerprint density at radius 3 is 2.62 bits per heavy atom. The maximum Gasteiger partial charge on any atom is 0.180 e. The molecule has 0 unspecified atom stereocenters. The minimum Gasteiger partial charge on any atom is -0.490 e. The Labute approximate surface area is 177 Å². The monoisotopic (exact) mass is 409 g/mol. The molecule has 152 valence electrons. The number of benzene rings is 2. The van der Waals surface area contributed by atoms with E-state index in [-0.39, 0.29) is 0 Å². The van der Waals surface area contributed by atoms with Crippen LogP contribution >= 0.6 is 11.8 Å². The van der Waals surface area contributed by atoms with Gasteiger partial charge in [-0.25, -0.2) is 0 Å². The summed E-state index contributed by atoms with van der Waals surface area (Å²) < 4.78 is 11.6. The molecule has 29 heavy (non-hydrogen) atoms. The lowest BCUT2D eigenvalue weighted by molar-refractivity contribution is 0.295. The van der Waals surface area contributed by atoms with E-state index in [1.54, 1.807) is 12.3 Å². The van der Waals surface area contributed by atoms with Crippen LogP contribution in [0.25, 0.3) is 0 Å². The van der Waals surface area contributed by atoms with Crippen molar-refractivity contribution in [1.82, 2.24) is 0 Å². The maximum atomic E-state index is 5.95. The first-order chi connectivity index (χ1) is 14.2. The summed E-state index contributed by atoms with van der Waals surface area (Å²) in [6, 6.07) is 13.9. The van der Waals surface area contributed by atoms with Crippen molar-refractivity contribution in [3.63, 3.8) is 0 Å². The second-order valence-corrected chi connectivity index (χ2v) is 6.99. The number of allylic oxidation sites excluding steroid dienone is 1. The summed E-state index contributed by atoms with van der Waals surface area (Å²) in [4.78, 5) is 0. The number of nitrogens with two attached hydrogens (primary N) is 1. The van der Waals surface area contributed by atoms with Gasteiger partial charge in [0.25, 0.3) is 0 Å². The molecule has 0 fully saturated rings. The van der Waals surface area contributed by atoms with Crippen LogP contribution in [0, 0.1) is 0 Å². The molecule has 0 atom stereocenters. The molecule has 2 aromatic carbocycles. The first-order valence-electron chi connectivity index (χ1n) is 9.35. The van der Waals surface area contributed by atoms with E-state index in [1.807, 2.05) is 43.3 Å². The minimum absolute atomic E-state index is 0.400. The summed E-state index contributed by atoms with van der Waals surface area (Å²) in [6.07, 6.45) is 5.82. The van der Waals surface area contributed by atoms with Crippen LogP contribution < -0.4 is 15.2 Å². The van der Waals surface area contributed by atoms with Crippen LogP contribution in [-0.4, -0.2) is 24.6 Å². The topological polar surface area (TPSA) is 69.2 Å². The van der Waals surface area contributed by atoms with Crippen LogP contribution in [0.1, 0.15) is 23.6 Å². The molecular weight excluding hydrogens is 382 g/mol. The lowest BCUT2D eigenvalue weighted by Gasteiger charge is -2.15. The zero-order valence-electron chi connectivity index (χ0n) is 16.7. The molecular formula is C23H27N3O2S. The molecule has 6 heteroatoms. The van der Waals surface area contributed by atoms with Crippen molar-refractivity contribution in [2.24, 2.45) is 15.9 Å². The van der Waals surface area contributed by atoms with Crippen molar-refractivity contribution >= 4 is 23.1 Å². The highest BCUT2D eigenvalue weighted by Gasteiger charge is 2.12. The summed E-state index contributed by atoms with van der Waals surface area (Å²) in [5.41, 5.74) is 8.95. The van der Waals surface area contributed by atoms with Crippen LogP contribution in [0.15, 0.2) is 78.0 Å². The van der Waals surface area contributed by atoms with E-state index in [0.717, 1.165) is 16.9 Å². The predicted octanol–water partition coefficient (Wildman–Crippen LogP) is 4.96. The largest absolute Gasteiger partial charge is 0.490 e. The molecule has 0 aliphatic carbocycles. The van der Waals surface area contributed by atoms with Gasteiger partial charge in [0.05, 0.1) is 12.8 Å². The second kappa shape index (κ2) is 12.5. The molecule has 0 saturated carbocycles. The molecule has 2 aromatic rings. The number of thioether (sulfide) groups is 1. The molecule has 0 aliphatic rings. The zero-order valence-corrected chi connectivity index (χ0v) is 17.5. The molecule has 0 spiro atoms. The van der Waals surface area contributed by atoms with Gasteiger partial charge in [0.15, 0.2) is 16.7 Å². The van der Waals surface area contributed by atoms with Gasteiger partial charge in [-0.3, -0.25) is 0 Å². The Morgan fingerprint density at radius 1 is 1.14 bits per heavy atom. The highest BCUT2D eigenvalue weighted by atomic mass is 32.2. The van der Waals surface area contributed by atoms with E-state index >= 15 is 0 Å². The van der Waals surface area contributed by atoms with Gasteiger partial charge in [-0.05, 0) is 36.6 Å². The lowest BCUT2D eigenvalue weighted by atomic mass is 10.1. The fourth-order valence-electron chi connectivity index (χ4n) is 2.55. The quantitative estimate of drug-likeness (QED) is 0.246. The van der Waals surface area contributed by atoms with E-state index in [2.05, 4.69) is 35.5 Å². The van der Waals surface area contributed by atoms with Crippen molar-refractivity contribution in [3.05, 3.63) is 84.5 Å². The highest BCUT2D eigenvalue weighted by Crippen LogP contribution is 2.33. The van der Waals surface area contributed by atoms with Crippen LogP contribution in [0.3, 0.4) is 0 Å².